The highest BCUT2D eigenvalue weighted by molar-refractivity contribution is 5.98. The zero-order valence-corrected chi connectivity index (χ0v) is 10.4. The summed E-state index contributed by atoms with van der Waals surface area (Å²) in [5.74, 6) is 0.130. The summed E-state index contributed by atoms with van der Waals surface area (Å²) < 4.78 is 0. The van der Waals surface area contributed by atoms with Gasteiger partial charge in [0.2, 0.25) is 0 Å². The van der Waals surface area contributed by atoms with Crippen LogP contribution in [0.15, 0.2) is 18.2 Å². The molecule has 4 heteroatoms. The van der Waals surface area contributed by atoms with Gasteiger partial charge in [-0.1, -0.05) is 19.9 Å². The number of aromatic hydroxyl groups is 1. The molecular formula is C12H22N2O2. The van der Waals surface area contributed by atoms with Gasteiger partial charge in [-0.2, -0.15) is 0 Å². The summed E-state index contributed by atoms with van der Waals surface area (Å²) in [6, 6.07) is 5.11. The van der Waals surface area contributed by atoms with Crippen molar-refractivity contribution in [3.05, 3.63) is 29.3 Å². The largest absolute Gasteiger partial charge is 0.507 e. The van der Waals surface area contributed by atoms with Gasteiger partial charge in [-0.15, -0.1) is 0 Å². The molecule has 0 spiro atoms. The number of aliphatic hydroxyl groups excluding tert-OH is 1. The number of hydrogen-bond donors (Lipinski definition) is 4. The number of benzene rings is 1. The van der Waals surface area contributed by atoms with Gasteiger partial charge in [0.15, 0.2) is 0 Å². The third-order valence-corrected chi connectivity index (χ3v) is 1.70. The molecule has 0 saturated carbocycles. The van der Waals surface area contributed by atoms with Crippen molar-refractivity contribution in [3.8, 4) is 5.75 Å². The summed E-state index contributed by atoms with van der Waals surface area (Å²) in [7, 11) is 1.00. The average Bonchev–Trinajstić information content (AvgIpc) is 2.33. The van der Waals surface area contributed by atoms with Crippen LogP contribution in [-0.4, -0.2) is 23.0 Å². The van der Waals surface area contributed by atoms with E-state index >= 15 is 0 Å². The van der Waals surface area contributed by atoms with Gasteiger partial charge in [0.05, 0.1) is 0 Å². The highest BCUT2D eigenvalue weighted by atomic mass is 16.3. The van der Waals surface area contributed by atoms with E-state index in [1.165, 1.54) is 0 Å². The van der Waals surface area contributed by atoms with Gasteiger partial charge in [-0.05, 0) is 24.6 Å². The molecule has 0 fully saturated rings. The van der Waals surface area contributed by atoms with Crippen LogP contribution in [0.1, 0.15) is 31.9 Å². The van der Waals surface area contributed by atoms with Crippen LogP contribution < -0.4 is 5.73 Å². The second-order valence-electron chi connectivity index (χ2n) is 2.68. The minimum absolute atomic E-state index is 0.130. The quantitative estimate of drug-likeness (QED) is 0.580. The van der Waals surface area contributed by atoms with Gasteiger partial charge < -0.3 is 21.4 Å². The Kier molecular flexibility index (Phi) is 10.8. The van der Waals surface area contributed by atoms with Gasteiger partial charge >= 0.3 is 0 Å². The fraction of sp³-hybridized carbons (Fsp3) is 0.417. The van der Waals surface area contributed by atoms with Crippen molar-refractivity contribution in [2.75, 3.05) is 7.11 Å². The van der Waals surface area contributed by atoms with Crippen LogP contribution in [0.4, 0.5) is 0 Å². The zero-order chi connectivity index (χ0) is 13.1. The molecule has 0 aliphatic rings. The van der Waals surface area contributed by atoms with E-state index in [-0.39, 0.29) is 5.75 Å². The lowest BCUT2D eigenvalue weighted by Gasteiger charge is -2.03. The minimum atomic E-state index is 0.130. The van der Waals surface area contributed by atoms with E-state index in [1.807, 2.05) is 19.9 Å². The Morgan fingerprint density at radius 1 is 1.31 bits per heavy atom. The van der Waals surface area contributed by atoms with E-state index < -0.39 is 0 Å². The average molecular weight is 226 g/mol. The fourth-order valence-electron chi connectivity index (χ4n) is 1.02. The molecule has 0 unspecified atom stereocenters. The first-order valence-electron chi connectivity index (χ1n) is 5.17. The Labute approximate surface area is 97.2 Å². The number of nitrogens with two attached hydrogens (primary N) is 1. The second kappa shape index (κ2) is 10.1. The summed E-state index contributed by atoms with van der Waals surface area (Å²) in [4.78, 5) is 0. The molecular weight excluding hydrogens is 204 g/mol. The SMILES string of the molecule is CC.CC(=N)c1ccc(CN)cc1O.CO. The van der Waals surface area contributed by atoms with Gasteiger partial charge in [0.1, 0.15) is 5.75 Å². The van der Waals surface area contributed by atoms with Crippen LogP contribution >= 0.6 is 0 Å². The number of nitrogens with one attached hydrogen (secondary N) is 1. The van der Waals surface area contributed by atoms with E-state index in [0.717, 1.165) is 12.7 Å². The predicted molar refractivity (Wildman–Crippen MR) is 68.0 cm³/mol. The van der Waals surface area contributed by atoms with Crippen molar-refractivity contribution >= 4 is 5.71 Å². The Morgan fingerprint density at radius 2 is 1.81 bits per heavy atom. The molecule has 0 aromatic heterocycles. The van der Waals surface area contributed by atoms with Gasteiger partial charge in [0, 0.05) is 24.9 Å². The van der Waals surface area contributed by atoms with Crippen molar-refractivity contribution in [2.24, 2.45) is 5.73 Å². The van der Waals surface area contributed by atoms with Crippen molar-refractivity contribution in [1.82, 2.24) is 0 Å². The van der Waals surface area contributed by atoms with Crippen molar-refractivity contribution in [3.63, 3.8) is 0 Å². The lowest BCUT2D eigenvalue weighted by molar-refractivity contribution is 0.399. The van der Waals surface area contributed by atoms with Crippen LogP contribution in [-0.2, 0) is 6.54 Å². The van der Waals surface area contributed by atoms with Gasteiger partial charge in [-0.25, -0.2) is 0 Å². The molecule has 1 rings (SSSR count). The Balaban J connectivity index is 0. The van der Waals surface area contributed by atoms with Gasteiger partial charge in [0.25, 0.3) is 0 Å². The summed E-state index contributed by atoms with van der Waals surface area (Å²) in [6.45, 7) is 6.04. The molecule has 5 N–H and O–H groups in total. The lowest BCUT2D eigenvalue weighted by Crippen LogP contribution is -1.98. The highest BCUT2D eigenvalue weighted by Crippen LogP contribution is 2.18. The molecule has 0 bridgehead atoms. The first-order valence-corrected chi connectivity index (χ1v) is 5.17. The molecule has 16 heavy (non-hydrogen) atoms. The third kappa shape index (κ3) is 5.48. The van der Waals surface area contributed by atoms with E-state index in [1.54, 1.807) is 19.1 Å². The topological polar surface area (TPSA) is 90.3 Å². The number of rotatable bonds is 2. The molecule has 92 valence electrons. The van der Waals surface area contributed by atoms with E-state index in [0.29, 0.717) is 17.8 Å². The molecule has 0 saturated heterocycles. The minimum Gasteiger partial charge on any atom is -0.507 e. The van der Waals surface area contributed by atoms with Crippen LogP contribution in [0.25, 0.3) is 0 Å². The van der Waals surface area contributed by atoms with Crippen LogP contribution in [0.5, 0.6) is 5.75 Å². The van der Waals surface area contributed by atoms with Crippen LogP contribution in [0.2, 0.25) is 0 Å². The van der Waals surface area contributed by atoms with Crippen LogP contribution in [0.3, 0.4) is 0 Å². The molecule has 0 aliphatic carbocycles. The zero-order valence-electron chi connectivity index (χ0n) is 10.4. The smallest absolute Gasteiger partial charge is 0.124 e. The first-order chi connectivity index (χ1) is 7.65. The molecule has 1 aromatic carbocycles. The highest BCUT2D eigenvalue weighted by Gasteiger charge is 2.02. The molecule has 0 amide bonds. The second-order valence-corrected chi connectivity index (χ2v) is 2.68. The summed E-state index contributed by atoms with van der Waals surface area (Å²) in [5.41, 5.74) is 7.17. The number of phenols is 1. The van der Waals surface area contributed by atoms with E-state index in [2.05, 4.69) is 0 Å². The van der Waals surface area contributed by atoms with E-state index in [4.69, 9.17) is 16.2 Å². The van der Waals surface area contributed by atoms with Gasteiger partial charge in [-0.3, -0.25) is 0 Å². The van der Waals surface area contributed by atoms with Crippen molar-refractivity contribution in [1.29, 1.82) is 5.41 Å². The summed E-state index contributed by atoms with van der Waals surface area (Å²) in [5, 5.41) is 23.7. The maximum atomic E-state index is 9.40. The Morgan fingerprint density at radius 3 is 2.12 bits per heavy atom. The number of hydrogen-bond acceptors (Lipinski definition) is 4. The predicted octanol–water partition coefficient (Wildman–Crippen LogP) is 1.87. The molecule has 4 nitrogen and oxygen atoms in total. The molecule has 0 atom stereocenters. The maximum absolute atomic E-state index is 9.40. The molecule has 0 radical (unpaired) electrons. The molecule has 1 aromatic rings. The number of aliphatic hydroxyl groups is 1. The standard InChI is InChI=1S/C9H12N2O.C2H6.CH4O/c1-6(11)8-3-2-7(5-10)4-9(8)12;2*1-2/h2-4,11-12H,5,10H2,1H3;1-2H3;2H,1H3. The number of phenolic OH excluding ortho intramolecular Hbond substituents is 1. The fourth-order valence-corrected chi connectivity index (χ4v) is 1.02. The summed E-state index contributed by atoms with van der Waals surface area (Å²) in [6.07, 6.45) is 0. The van der Waals surface area contributed by atoms with Crippen molar-refractivity contribution in [2.45, 2.75) is 27.3 Å². The van der Waals surface area contributed by atoms with Crippen molar-refractivity contribution < 1.29 is 10.2 Å². The first kappa shape index (κ1) is 17.0. The Bertz CT molecular complexity index is 312. The monoisotopic (exact) mass is 226 g/mol. The maximum Gasteiger partial charge on any atom is 0.124 e. The Hall–Kier alpha value is -1.39. The third-order valence-electron chi connectivity index (χ3n) is 1.70. The van der Waals surface area contributed by atoms with E-state index in [9.17, 15) is 5.11 Å². The van der Waals surface area contributed by atoms with Crippen LogP contribution in [0, 0.1) is 5.41 Å². The lowest BCUT2D eigenvalue weighted by atomic mass is 10.1. The normalized spacial score (nSPS) is 8.12. The molecule has 0 aliphatic heterocycles. The summed E-state index contributed by atoms with van der Waals surface area (Å²) >= 11 is 0. The molecule has 0 heterocycles.